The fraction of sp³-hybridized carbons (Fsp3) is 0.364. The number of halogens is 1. The van der Waals surface area contributed by atoms with Gasteiger partial charge in [-0.15, -0.1) is 0 Å². The van der Waals surface area contributed by atoms with Gasteiger partial charge < -0.3 is 9.64 Å². The van der Waals surface area contributed by atoms with Gasteiger partial charge in [-0.1, -0.05) is 11.6 Å². The third kappa shape index (κ3) is 2.63. The fourth-order valence-electron chi connectivity index (χ4n) is 1.20. The van der Waals surface area contributed by atoms with Gasteiger partial charge in [0.25, 0.3) is 5.91 Å². The second-order valence-electron chi connectivity index (χ2n) is 3.16. The zero-order valence-corrected chi connectivity index (χ0v) is 9.84. The monoisotopic (exact) mass is 227 g/mol. The molecule has 15 heavy (non-hydrogen) atoms. The van der Waals surface area contributed by atoms with E-state index in [-0.39, 0.29) is 5.91 Å². The van der Waals surface area contributed by atoms with E-state index in [2.05, 4.69) is 0 Å². The lowest BCUT2D eigenvalue weighted by Gasteiger charge is -2.16. The second kappa shape index (κ2) is 5.03. The van der Waals surface area contributed by atoms with Crippen molar-refractivity contribution < 1.29 is 9.53 Å². The molecule has 0 saturated carbocycles. The van der Waals surface area contributed by atoms with Gasteiger partial charge in [0.2, 0.25) is 0 Å². The highest BCUT2D eigenvalue weighted by Gasteiger charge is 2.15. The molecule has 0 atom stereocenters. The van der Waals surface area contributed by atoms with Gasteiger partial charge in [0.15, 0.2) is 0 Å². The summed E-state index contributed by atoms with van der Waals surface area (Å²) in [5.74, 6) is 0.460. The summed E-state index contributed by atoms with van der Waals surface area (Å²) in [7, 11) is 3.27. The minimum atomic E-state index is -0.0862. The molecular weight excluding hydrogens is 214 g/mol. The molecule has 0 N–H and O–H groups in total. The summed E-state index contributed by atoms with van der Waals surface area (Å²) in [6.07, 6.45) is 0. The quantitative estimate of drug-likeness (QED) is 0.794. The number of nitrogens with zero attached hydrogens (tertiary/aromatic N) is 1. The normalized spacial score (nSPS) is 9.87. The van der Waals surface area contributed by atoms with Crippen LogP contribution in [0.1, 0.15) is 17.3 Å². The Bertz CT molecular complexity index is 366. The van der Waals surface area contributed by atoms with E-state index in [1.807, 2.05) is 6.92 Å². The minimum absolute atomic E-state index is 0.0862. The molecule has 82 valence electrons. The Morgan fingerprint density at radius 1 is 1.53 bits per heavy atom. The SMILES string of the molecule is CCN(C)C(=O)c1cc(Cl)ccc1OC. The molecule has 3 nitrogen and oxygen atoms in total. The first kappa shape index (κ1) is 11.9. The van der Waals surface area contributed by atoms with Gasteiger partial charge in [0.1, 0.15) is 5.75 Å². The molecule has 0 aliphatic heterocycles. The van der Waals surface area contributed by atoms with Crippen LogP contribution in [-0.2, 0) is 0 Å². The third-order valence-electron chi connectivity index (χ3n) is 2.21. The largest absolute Gasteiger partial charge is 0.496 e. The molecule has 0 saturated heterocycles. The summed E-state index contributed by atoms with van der Waals surface area (Å²) in [4.78, 5) is 13.5. The van der Waals surface area contributed by atoms with E-state index in [1.54, 1.807) is 30.1 Å². The molecule has 0 aliphatic rings. The van der Waals surface area contributed by atoms with Crippen LogP contribution >= 0.6 is 11.6 Å². The molecule has 0 aliphatic carbocycles. The Balaban J connectivity index is 3.11. The average Bonchev–Trinajstić information content (AvgIpc) is 2.27. The number of methoxy groups -OCH3 is 1. The van der Waals surface area contributed by atoms with E-state index >= 15 is 0 Å². The molecule has 0 aromatic heterocycles. The van der Waals surface area contributed by atoms with Crippen LogP contribution < -0.4 is 4.74 Å². The molecule has 0 fully saturated rings. The van der Waals surface area contributed by atoms with Crippen molar-refractivity contribution in [3.05, 3.63) is 28.8 Å². The van der Waals surface area contributed by atoms with Crippen LogP contribution in [0, 0.1) is 0 Å². The van der Waals surface area contributed by atoms with Crippen LogP contribution in [0.15, 0.2) is 18.2 Å². The van der Waals surface area contributed by atoms with Crippen molar-refractivity contribution in [2.45, 2.75) is 6.92 Å². The number of rotatable bonds is 3. The van der Waals surface area contributed by atoms with Crippen molar-refractivity contribution in [1.82, 2.24) is 4.90 Å². The average molecular weight is 228 g/mol. The van der Waals surface area contributed by atoms with Gasteiger partial charge in [0, 0.05) is 18.6 Å². The summed E-state index contributed by atoms with van der Waals surface area (Å²) in [6.45, 7) is 2.56. The van der Waals surface area contributed by atoms with E-state index < -0.39 is 0 Å². The van der Waals surface area contributed by atoms with Gasteiger partial charge in [-0.3, -0.25) is 4.79 Å². The van der Waals surface area contributed by atoms with Gasteiger partial charge in [0.05, 0.1) is 12.7 Å². The molecule has 1 rings (SSSR count). The van der Waals surface area contributed by atoms with Crippen molar-refractivity contribution in [3.8, 4) is 5.75 Å². The Morgan fingerprint density at radius 3 is 2.73 bits per heavy atom. The lowest BCUT2D eigenvalue weighted by atomic mass is 10.2. The maximum Gasteiger partial charge on any atom is 0.257 e. The Kier molecular flexibility index (Phi) is 3.97. The van der Waals surface area contributed by atoms with Crippen molar-refractivity contribution in [2.75, 3.05) is 20.7 Å². The van der Waals surface area contributed by atoms with Crippen LogP contribution in [0.25, 0.3) is 0 Å². The smallest absolute Gasteiger partial charge is 0.257 e. The van der Waals surface area contributed by atoms with Crippen LogP contribution in [0.2, 0.25) is 5.02 Å². The van der Waals surface area contributed by atoms with Gasteiger partial charge in [-0.2, -0.15) is 0 Å². The van der Waals surface area contributed by atoms with Crippen molar-refractivity contribution in [1.29, 1.82) is 0 Å². The standard InChI is InChI=1S/C11H14ClNO2/c1-4-13(2)11(14)9-7-8(12)5-6-10(9)15-3/h5-7H,4H2,1-3H3. The van der Waals surface area contributed by atoms with Crippen molar-refractivity contribution in [2.24, 2.45) is 0 Å². The molecule has 0 bridgehead atoms. The molecule has 1 aromatic rings. The van der Waals surface area contributed by atoms with Crippen molar-refractivity contribution >= 4 is 17.5 Å². The highest BCUT2D eigenvalue weighted by atomic mass is 35.5. The van der Waals surface area contributed by atoms with Crippen molar-refractivity contribution in [3.63, 3.8) is 0 Å². The number of benzene rings is 1. The topological polar surface area (TPSA) is 29.5 Å². The number of hydrogen-bond donors (Lipinski definition) is 0. The summed E-state index contributed by atoms with van der Waals surface area (Å²) >= 11 is 5.84. The Hall–Kier alpha value is -1.22. The number of carbonyl (C=O) groups is 1. The number of carbonyl (C=O) groups excluding carboxylic acids is 1. The molecule has 0 heterocycles. The molecule has 0 unspecified atom stereocenters. The molecule has 0 radical (unpaired) electrons. The minimum Gasteiger partial charge on any atom is -0.496 e. The molecular formula is C11H14ClNO2. The van der Waals surface area contributed by atoms with Gasteiger partial charge in [-0.25, -0.2) is 0 Å². The van der Waals surface area contributed by atoms with E-state index in [4.69, 9.17) is 16.3 Å². The van der Waals surface area contributed by atoms with Gasteiger partial charge in [-0.05, 0) is 25.1 Å². The molecule has 1 amide bonds. The summed E-state index contributed by atoms with van der Waals surface area (Å²) in [5.41, 5.74) is 0.495. The van der Waals surface area contributed by atoms with Crippen LogP contribution in [0.5, 0.6) is 5.75 Å². The number of ether oxygens (including phenoxy) is 1. The number of amides is 1. The van der Waals surface area contributed by atoms with E-state index in [0.717, 1.165) is 0 Å². The second-order valence-corrected chi connectivity index (χ2v) is 3.60. The lowest BCUT2D eigenvalue weighted by Crippen LogP contribution is -2.26. The first-order valence-corrected chi connectivity index (χ1v) is 5.07. The van der Waals surface area contributed by atoms with Crippen LogP contribution in [0.3, 0.4) is 0 Å². The predicted molar refractivity (Wildman–Crippen MR) is 60.6 cm³/mol. The fourth-order valence-corrected chi connectivity index (χ4v) is 1.37. The lowest BCUT2D eigenvalue weighted by molar-refractivity contribution is 0.0799. The summed E-state index contributed by atoms with van der Waals surface area (Å²) in [6, 6.07) is 5.01. The predicted octanol–water partition coefficient (Wildman–Crippen LogP) is 2.44. The summed E-state index contributed by atoms with van der Waals surface area (Å²) < 4.78 is 5.11. The highest BCUT2D eigenvalue weighted by Crippen LogP contribution is 2.23. The third-order valence-corrected chi connectivity index (χ3v) is 2.45. The maximum absolute atomic E-state index is 11.9. The van der Waals surface area contributed by atoms with Gasteiger partial charge >= 0.3 is 0 Å². The Morgan fingerprint density at radius 2 is 2.20 bits per heavy atom. The molecule has 4 heteroatoms. The van der Waals surface area contributed by atoms with E-state index in [1.165, 1.54) is 7.11 Å². The first-order valence-electron chi connectivity index (χ1n) is 4.69. The zero-order chi connectivity index (χ0) is 11.4. The number of hydrogen-bond acceptors (Lipinski definition) is 2. The summed E-state index contributed by atoms with van der Waals surface area (Å²) in [5, 5.41) is 0.531. The molecule has 1 aromatic carbocycles. The highest BCUT2D eigenvalue weighted by molar-refractivity contribution is 6.31. The zero-order valence-electron chi connectivity index (χ0n) is 9.08. The maximum atomic E-state index is 11.9. The van der Waals surface area contributed by atoms with Crippen LogP contribution in [0.4, 0.5) is 0 Å². The first-order chi connectivity index (χ1) is 7.10. The van der Waals surface area contributed by atoms with E-state index in [0.29, 0.717) is 22.9 Å². The van der Waals surface area contributed by atoms with E-state index in [9.17, 15) is 4.79 Å². The Labute approximate surface area is 94.6 Å². The molecule has 0 spiro atoms. The van der Waals surface area contributed by atoms with Crippen LogP contribution in [-0.4, -0.2) is 31.5 Å².